The van der Waals surface area contributed by atoms with Crippen LogP contribution < -0.4 is 5.73 Å². The first-order valence-corrected chi connectivity index (χ1v) is 8.38. The van der Waals surface area contributed by atoms with Crippen molar-refractivity contribution >= 4 is 11.6 Å². The fraction of sp³-hybridized carbons (Fsp3) is 0.812. The number of halogens is 1. The van der Waals surface area contributed by atoms with Crippen LogP contribution in [-0.4, -0.2) is 23.5 Å². The Balaban J connectivity index is 2.03. The van der Waals surface area contributed by atoms with Crippen molar-refractivity contribution in [2.45, 2.75) is 52.1 Å². The summed E-state index contributed by atoms with van der Waals surface area (Å²) in [5.74, 6) is 2.14. The first-order valence-electron chi connectivity index (χ1n) is 8.00. The number of aromatic nitrogens is 2. The van der Waals surface area contributed by atoms with Crippen molar-refractivity contribution in [2.24, 2.45) is 23.5 Å². The van der Waals surface area contributed by atoms with Crippen LogP contribution in [0.1, 0.15) is 51.3 Å². The topological polar surface area (TPSA) is 53.1 Å². The van der Waals surface area contributed by atoms with Gasteiger partial charge in [0.05, 0.1) is 36.1 Å². The molecule has 2 rings (SSSR count). The van der Waals surface area contributed by atoms with Gasteiger partial charge < -0.3 is 10.5 Å². The molecule has 0 bridgehead atoms. The molecule has 0 radical (unpaired) electrons. The molecular weight excluding hydrogens is 286 g/mol. The van der Waals surface area contributed by atoms with E-state index in [1.165, 1.54) is 25.7 Å². The van der Waals surface area contributed by atoms with Crippen molar-refractivity contribution in [3.63, 3.8) is 0 Å². The summed E-state index contributed by atoms with van der Waals surface area (Å²) in [5, 5.41) is 5.02. The highest BCUT2D eigenvalue weighted by molar-refractivity contribution is 6.31. The average Bonchev–Trinajstić information content (AvgIpc) is 2.85. The van der Waals surface area contributed by atoms with Crippen LogP contribution in [0.4, 0.5) is 0 Å². The molecule has 0 spiro atoms. The van der Waals surface area contributed by atoms with Gasteiger partial charge in [0.15, 0.2) is 0 Å². The average molecular weight is 314 g/mol. The van der Waals surface area contributed by atoms with Crippen molar-refractivity contribution in [3.05, 3.63) is 16.9 Å². The second-order valence-electron chi connectivity index (χ2n) is 6.54. The Kier molecular flexibility index (Phi) is 6.08. The molecule has 4 nitrogen and oxygen atoms in total. The van der Waals surface area contributed by atoms with E-state index in [4.69, 9.17) is 22.1 Å². The zero-order valence-electron chi connectivity index (χ0n) is 13.4. The van der Waals surface area contributed by atoms with Crippen LogP contribution in [-0.2, 0) is 11.3 Å². The highest BCUT2D eigenvalue weighted by Crippen LogP contribution is 2.39. The normalized spacial score (nSPS) is 24.5. The Labute approximate surface area is 133 Å². The molecule has 0 aliphatic heterocycles. The maximum Gasteiger partial charge on any atom is 0.0834 e. The minimum absolute atomic E-state index is 0.0232. The summed E-state index contributed by atoms with van der Waals surface area (Å²) in [6, 6.07) is -0.0232. The Hall–Kier alpha value is -0.580. The van der Waals surface area contributed by atoms with Crippen molar-refractivity contribution in [3.8, 4) is 0 Å². The van der Waals surface area contributed by atoms with Crippen molar-refractivity contribution in [2.75, 3.05) is 13.7 Å². The number of methoxy groups -OCH3 is 1. The quantitative estimate of drug-likeness (QED) is 0.872. The summed E-state index contributed by atoms with van der Waals surface area (Å²) < 4.78 is 7.04. The summed E-state index contributed by atoms with van der Waals surface area (Å²) in [6.45, 7) is 5.97. The van der Waals surface area contributed by atoms with E-state index in [-0.39, 0.29) is 6.04 Å². The van der Waals surface area contributed by atoms with Gasteiger partial charge >= 0.3 is 0 Å². The molecule has 1 fully saturated rings. The summed E-state index contributed by atoms with van der Waals surface area (Å²) in [4.78, 5) is 0. The van der Waals surface area contributed by atoms with Gasteiger partial charge in [-0.2, -0.15) is 5.10 Å². The summed E-state index contributed by atoms with van der Waals surface area (Å²) in [6.07, 6.45) is 6.64. The largest absolute Gasteiger partial charge is 0.383 e. The Bertz CT molecular complexity index is 439. The molecule has 0 amide bonds. The second kappa shape index (κ2) is 7.61. The molecule has 1 unspecified atom stereocenters. The zero-order chi connectivity index (χ0) is 15.4. The van der Waals surface area contributed by atoms with Gasteiger partial charge in [0.2, 0.25) is 0 Å². The molecule has 5 heteroatoms. The van der Waals surface area contributed by atoms with Crippen LogP contribution in [0, 0.1) is 17.8 Å². The third kappa shape index (κ3) is 3.99. The molecule has 1 aromatic heterocycles. The van der Waals surface area contributed by atoms with E-state index in [2.05, 4.69) is 18.9 Å². The standard InChI is InChI=1S/C16H28ClN3O/c1-11(2)12-4-6-13(7-5-12)15(18)16-14(17)10-19-20(16)8-9-21-3/h10-13,15H,4-9,18H2,1-3H3. The predicted molar refractivity (Wildman–Crippen MR) is 86.3 cm³/mol. The molecule has 1 aliphatic carbocycles. The molecule has 2 N–H and O–H groups in total. The van der Waals surface area contributed by atoms with Crippen LogP contribution in [0.15, 0.2) is 6.20 Å². The van der Waals surface area contributed by atoms with E-state index in [1.54, 1.807) is 13.3 Å². The first kappa shape index (κ1) is 16.8. The van der Waals surface area contributed by atoms with Crippen molar-refractivity contribution in [1.29, 1.82) is 0 Å². The van der Waals surface area contributed by atoms with E-state index in [0.717, 1.165) is 17.5 Å². The Morgan fingerprint density at radius 1 is 1.33 bits per heavy atom. The number of hydrogen-bond donors (Lipinski definition) is 1. The van der Waals surface area contributed by atoms with Gasteiger partial charge in [-0.05, 0) is 43.4 Å². The lowest BCUT2D eigenvalue weighted by Crippen LogP contribution is -2.29. The van der Waals surface area contributed by atoms with Gasteiger partial charge in [-0.3, -0.25) is 4.68 Å². The van der Waals surface area contributed by atoms with Gasteiger partial charge in [0.25, 0.3) is 0 Å². The van der Waals surface area contributed by atoms with E-state index >= 15 is 0 Å². The predicted octanol–water partition coefficient (Wildman–Crippen LogP) is 3.65. The maximum absolute atomic E-state index is 6.52. The lowest BCUT2D eigenvalue weighted by Gasteiger charge is -2.34. The van der Waals surface area contributed by atoms with E-state index in [0.29, 0.717) is 24.1 Å². The van der Waals surface area contributed by atoms with Crippen molar-refractivity contribution in [1.82, 2.24) is 9.78 Å². The van der Waals surface area contributed by atoms with Gasteiger partial charge in [-0.25, -0.2) is 0 Å². The lowest BCUT2D eigenvalue weighted by atomic mass is 9.74. The van der Waals surface area contributed by atoms with Gasteiger partial charge in [0, 0.05) is 7.11 Å². The monoisotopic (exact) mass is 313 g/mol. The Morgan fingerprint density at radius 2 is 1.95 bits per heavy atom. The summed E-state index contributed by atoms with van der Waals surface area (Å²) >= 11 is 6.31. The van der Waals surface area contributed by atoms with Gasteiger partial charge in [-0.15, -0.1) is 0 Å². The molecule has 120 valence electrons. The van der Waals surface area contributed by atoms with Crippen LogP contribution >= 0.6 is 11.6 Å². The van der Waals surface area contributed by atoms with Crippen LogP contribution in [0.5, 0.6) is 0 Å². The minimum atomic E-state index is -0.0232. The molecule has 1 aliphatic rings. The second-order valence-corrected chi connectivity index (χ2v) is 6.95. The molecule has 1 aromatic rings. The van der Waals surface area contributed by atoms with Crippen LogP contribution in [0.2, 0.25) is 5.02 Å². The molecule has 1 heterocycles. The van der Waals surface area contributed by atoms with Gasteiger partial charge in [-0.1, -0.05) is 25.4 Å². The molecular formula is C16H28ClN3O. The number of nitrogens with two attached hydrogens (primary N) is 1. The van der Waals surface area contributed by atoms with Crippen LogP contribution in [0.25, 0.3) is 0 Å². The van der Waals surface area contributed by atoms with E-state index < -0.39 is 0 Å². The third-order valence-electron chi connectivity index (χ3n) is 4.92. The summed E-state index contributed by atoms with van der Waals surface area (Å²) in [7, 11) is 1.69. The molecule has 21 heavy (non-hydrogen) atoms. The third-order valence-corrected chi connectivity index (χ3v) is 5.21. The molecule has 0 saturated heterocycles. The number of nitrogens with zero attached hydrogens (tertiary/aromatic N) is 2. The highest BCUT2D eigenvalue weighted by Gasteiger charge is 2.30. The molecule has 1 saturated carbocycles. The molecule has 0 aromatic carbocycles. The van der Waals surface area contributed by atoms with Crippen LogP contribution in [0.3, 0.4) is 0 Å². The van der Waals surface area contributed by atoms with Gasteiger partial charge in [0.1, 0.15) is 0 Å². The van der Waals surface area contributed by atoms with E-state index in [1.807, 2.05) is 4.68 Å². The fourth-order valence-corrected chi connectivity index (χ4v) is 3.72. The lowest BCUT2D eigenvalue weighted by molar-refractivity contribution is 0.176. The van der Waals surface area contributed by atoms with Crippen molar-refractivity contribution < 1.29 is 4.74 Å². The number of rotatable bonds is 6. The Morgan fingerprint density at radius 3 is 2.52 bits per heavy atom. The molecule has 1 atom stereocenters. The number of hydrogen-bond acceptors (Lipinski definition) is 3. The SMILES string of the molecule is COCCn1ncc(Cl)c1C(N)C1CCC(C(C)C)CC1. The first-order chi connectivity index (χ1) is 10.0. The zero-order valence-corrected chi connectivity index (χ0v) is 14.1. The smallest absolute Gasteiger partial charge is 0.0834 e. The highest BCUT2D eigenvalue weighted by atomic mass is 35.5. The maximum atomic E-state index is 6.52. The minimum Gasteiger partial charge on any atom is -0.383 e. The number of ether oxygens (including phenoxy) is 1. The fourth-order valence-electron chi connectivity index (χ4n) is 3.45. The summed E-state index contributed by atoms with van der Waals surface area (Å²) in [5.41, 5.74) is 7.50. The van der Waals surface area contributed by atoms with E-state index in [9.17, 15) is 0 Å².